The second kappa shape index (κ2) is 10.3. The monoisotopic (exact) mass is 494 g/mol. The van der Waals surface area contributed by atoms with E-state index in [0.29, 0.717) is 30.9 Å². The number of nitrogens with zero attached hydrogens (tertiary/aromatic N) is 3. The molecule has 1 N–H and O–H groups in total. The van der Waals surface area contributed by atoms with E-state index in [1.54, 1.807) is 16.7 Å². The maximum Gasteiger partial charge on any atom is 0.273 e. The summed E-state index contributed by atoms with van der Waals surface area (Å²) in [5.74, 6) is 0.332. The first-order valence-corrected chi connectivity index (χ1v) is 12.4. The molecule has 5 rings (SSSR count). The highest BCUT2D eigenvalue weighted by molar-refractivity contribution is 6.00. The number of methoxy groups -OCH3 is 1. The summed E-state index contributed by atoms with van der Waals surface area (Å²) in [4.78, 5) is 29.3. The van der Waals surface area contributed by atoms with Gasteiger partial charge in [0.05, 0.1) is 19.3 Å². The van der Waals surface area contributed by atoms with Gasteiger partial charge in [-0.25, -0.2) is 0 Å². The normalized spacial score (nSPS) is 16.8. The number of hydrogen-bond acceptors (Lipinski definition) is 4. The fourth-order valence-corrected chi connectivity index (χ4v) is 4.85. The van der Waals surface area contributed by atoms with Gasteiger partial charge < -0.3 is 15.0 Å². The summed E-state index contributed by atoms with van der Waals surface area (Å²) in [6.45, 7) is 2.82. The topological polar surface area (TPSA) is 76.5 Å². The first-order chi connectivity index (χ1) is 18.0. The molecule has 7 heteroatoms. The van der Waals surface area contributed by atoms with Crippen molar-refractivity contribution in [3.8, 4) is 17.0 Å². The molecule has 0 saturated heterocycles. The Morgan fingerprint density at radius 2 is 1.68 bits per heavy atom. The Morgan fingerprint density at radius 1 is 1.00 bits per heavy atom. The molecule has 37 heavy (non-hydrogen) atoms. The van der Waals surface area contributed by atoms with Gasteiger partial charge in [-0.15, -0.1) is 0 Å². The summed E-state index contributed by atoms with van der Waals surface area (Å²) in [6, 6.07) is 29.1. The van der Waals surface area contributed by atoms with Crippen molar-refractivity contribution < 1.29 is 14.3 Å². The minimum absolute atomic E-state index is 0.215. The largest absolute Gasteiger partial charge is 0.496 e. The fraction of sp³-hybridized carbons (Fsp3) is 0.233. The van der Waals surface area contributed by atoms with Gasteiger partial charge in [-0.3, -0.25) is 14.3 Å². The zero-order valence-electron chi connectivity index (χ0n) is 21.1. The van der Waals surface area contributed by atoms with Gasteiger partial charge in [-0.2, -0.15) is 5.10 Å². The van der Waals surface area contributed by atoms with Crippen LogP contribution in [0.3, 0.4) is 0 Å². The van der Waals surface area contributed by atoms with Crippen LogP contribution in [0.5, 0.6) is 5.75 Å². The molecule has 2 heterocycles. The third-order valence-electron chi connectivity index (χ3n) is 6.95. The lowest BCUT2D eigenvalue weighted by Gasteiger charge is -2.43. The average Bonchev–Trinajstić information content (AvgIpc) is 3.37. The lowest BCUT2D eigenvalue weighted by atomic mass is 9.94. The summed E-state index contributed by atoms with van der Waals surface area (Å²) in [7, 11) is 1.63. The number of amides is 2. The minimum atomic E-state index is -1.12. The molecule has 1 aliphatic heterocycles. The molecule has 0 saturated carbocycles. The molecule has 188 valence electrons. The van der Waals surface area contributed by atoms with Crippen LogP contribution in [0.25, 0.3) is 11.3 Å². The van der Waals surface area contributed by atoms with Gasteiger partial charge in [0.15, 0.2) is 0 Å². The van der Waals surface area contributed by atoms with Crippen molar-refractivity contribution >= 4 is 11.8 Å². The molecule has 1 atom stereocenters. The molecule has 1 aromatic heterocycles. The minimum Gasteiger partial charge on any atom is -0.496 e. The second-order valence-electron chi connectivity index (χ2n) is 9.40. The molecule has 1 aliphatic rings. The molecule has 0 bridgehead atoms. The Morgan fingerprint density at radius 3 is 2.41 bits per heavy atom. The van der Waals surface area contributed by atoms with Crippen LogP contribution in [0.4, 0.5) is 0 Å². The highest BCUT2D eigenvalue weighted by Gasteiger charge is 2.47. The summed E-state index contributed by atoms with van der Waals surface area (Å²) in [5, 5.41) is 7.77. The zero-order chi connectivity index (χ0) is 25.8. The zero-order valence-corrected chi connectivity index (χ0v) is 21.1. The predicted octanol–water partition coefficient (Wildman–Crippen LogP) is 4.33. The van der Waals surface area contributed by atoms with Gasteiger partial charge in [0.1, 0.15) is 17.0 Å². The van der Waals surface area contributed by atoms with Crippen molar-refractivity contribution in [2.24, 2.45) is 0 Å². The molecule has 3 aromatic carbocycles. The molecule has 0 unspecified atom stereocenters. The van der Waals surface area contributed by atoms with Crippen LogP contribution in [0, 0.1) is 0 Å². The van der Waals surface area contributed by atoms with E-state index < -0.39 is 5.54 Å². The number of ether oxygens (including phenoxy) is 1. The van der Waals surface area contributed by atoms with Crippen molar-refractivity contribution in [2.45, 2.75) is 32.0 Å². The molecular formula is C30H30N4O3. The van der Waals surface area contributed by atoms with E-state index in [4.69, 9.17) is 9.84 Å². The summed E-state index contributed by atoms with van der Waals surface area (Å²) in [5.41, 5.74) is 2.96. The smallest absolute Gasteiger partial charge is 0.273 e. The Balaban J connectivity index is 1.46. The molecule has 7 nitrogen and oxygen atoms in total. The third kappa shape index (κ3) is 4.85. The number of hydrogen-bond donors (Lipinski definition) is 1. The number of carbonyl (C=O) groups excluding carboxylic acids is 2. The van der Waals surface area contributed by atoms with Crippen LogP contribution < -0.4 is 10.1 Å². The van der Waals surface area contributed by atoms with Crippen LogP contribution in [-0.2, 0) is 24.3 Å². The van der Waals surface area contributed by atoms with E-state index in [1.165, 1.54) is 0 Å². The molecule has 0 fully saturated rings. The Kier molecular flexibility index (Phi) is 6.77. The van der Waals surface area contributed by atoms with Crippen molar-refractivity contribution in [3.63, 3.8) is 0 Å². The van der Waals surface area contributed by atoms with E-state index in [2.05, 4.69) is 5.32 Å². The molecule has 0 spiro atoms. The van der Waals surface area contributed by atoms with Crippen molar-refractivity contribution in [1.29, 1.82) is 0 Å². The number of fused-ring (bicyclic) bond motifs is 1. The quantitative estimate of drug-likeness (QED) is 0.396. The van der Waals surface area contributed by atoms with E-state index >= 15 is 0 Å². The number of carbonyl (C=O) groups is 2. The van der Waals surface area contributed by atoms with Gasteiger partial charge in [0.25, 0.3) is 5.91 Å². The van der Waals surface area contributed by atoms with Crippen LogP contribution in [-0.4, -0.2) is 45.7 Å². The second-order valence-corrected chi connectivity index (χ2v) is 9.40. The summed E-state index contributed by atoms with van der Waals surface area (Å²) < 4.78 is 7.18. The van der Waals surface area contributed by atoms with Crippen LogP contribution in [0.2, 0.25) is 0 Å². The summed E-state index contributed by atoms with van der Waals surface area (Å²) in [6.07, 6.45) is 0.553. The van der Waals surface area contributed by atoms with Gasteiger partial charge >= 0.3 is 0 Å². The van der Waals surface area contributed by atoms with E-state index in [1.807, 2.05) is 97.9 Å². The van der Waals surface area contributed by atoms with Gasteiger partial charge in [0, 0.05) is 18.7 Å². The van der Waals surface area contributed by atoms with Gasteiger partial charge in [-0.05, 0) is 36.6 Å². The lowest BCUT2D eigenvalue weighted by molar-refractivity contribution is -0.133. The Bertz CT molecular complexity index is 1400. The number of benzene rings is 3. The Hall–Kier alpha value is -4.39. The number of rotatable bonds is 8. The number of para-hydroxylation sites is 1. The molecular weight excluding hydrogens is 464 g/mol. The maximum absolute atomic E-state index is 13.9. The Labute approximate surface area is 216 Å². The molecule has 4 aromatic rings. The predicted molar refractivity (Wildman–Crippen MR) is 142 cm³/mol. The van der Waals surface area contributed by atoms with E-state index in [-0.39, 0.29) is 18.4 Å². The first-order valence-electron chi connectivity index (χ1n) is 12.4. The van der Waals surface area contributed by atoms with Crippen LogP contribution in [0.1, 0.15) is 28.5 Å². The lowest BCUT2D eigenvalue weighted by Crippen LogP contribution is -2.64. The highest BCUT2D eigenvalue weighted by Crippen LogP contribution is 2.31. The fourth-order valence-electron chi connectivity index (χ4n) is 4.85. The number of nitrogens with one attached hydrogen (secondary N) is 1. The SMILES string of the molecule is COc1ccccc1CCN1C(=O)c2cc(-c3ccccc3)nn2C[C@@]1(C)C(=O)NCc1ccccc1. The van der Waals surface area contributed by atoms with Crippen molar-refractivity contribution in [2.75, 3.05) is 13.7 Å². The molecule has 0 aliphatic carbocycles. The standard InChI is InChI=1S/C30H30N4O3/c1-30(29(36)31-20-22-11-5-3-6-12-22)21-34-26(19-25(32-34)23-13-7-4-8-14-23)28(35)33(30)18-17-24-15-9-10-16-27(24)37-2/h3-16,19H,17-18,20-21H2,1-2H3,(H,31,36)/t30-/m0/s1. The highest BCUT2D eigenvalue weighted by atomic mass is 16.5. The van der Waals surface area contributed by atoms with Gasteiger partial charge in [0.2, 0.25) is 5.91 Å². The first kappa shape index (κ1) is 24.3. The van der Waals surface area contributed by atoms with Crippen molar-refractivity contribution in [1.82, 2.24) is 20.0 Å². The molecule has 0 radical (unpaired) electrons. The number of aromatic nitrogens is 2. The maximum atomic E-state index is 13.9. The summed E-state index contributed by atoms with van der Waals surface area (Å²) >= 11 is 0. The van der Waals surface area contributed by atoms with E-state index in [0.717, 1.165) is 22.4 Å². The van der Waals surface area contributed by atoms with Crippen LogP contribution in [0.15, 0.2) is 91.0 Å². The van der Waals surface area contributed by atoms with E-state index in [9.17, 15) is 9.59 Å². The third-order valence-corrected chi connectivity index (χ3v) is 6.95. The van der Waals surface area contributed by atoms with Crippen LogP contribution >= 0.6 is 0 Å². The van der Waals surface area contributed by atoms with Gasteiger partial charge in [-0.1, -0.05) is 78.9 Å². The molecule has 2 amide bonds. The average molecular weight is 495 g/mol. The van der Waals surface area contributed by atoms with Crippen molar-refractivity contribution in [3.05, 3.63) is 108 Å².